The van der Waals surface area contributed by atoms with Gasteiger partial charge in [0, 0.05) is 10.9 Å². The molecule has 2 aromatic rings. The van der Waals surface area contributed by atoms with Crippen LogP contribution in [0.25, 0.3) is 11.3 Å². The highest BCUT2D eigenvalue weighted by Crippen LogP contribution is 2.28. The summed E-state index contributed by atoms with van der Waals surface area (Å²) in [5.41, 5.74) is 4.59. The van der Waals surface area contributed by atoms with Gasteiger partial charge in [0.05, 0.1) is 5.69 Å². The molecule has 0 atom stereocenters. The van der Waals surface area contributed by atoms with Crippen LogP contribution in [-0.4, -0.2) is 16.1 Å². The second-order valence-electron chi connectivity index (χ2n) is 4.18. The Hall–Kier alpha value is -1.68. The summed E-state index contributed by atoms with van der Waals surface area (Å²) < 4.78 is 0. The lowest BCUT2D eigenvalue weighted by Gasteiger charge is -2.01. The average molecular weight is 245 g/mol. The number of rotatable bonds is 2. The molecule has 0 saturated heterocycles. The van der Waals surface area contributed by atoms with Crippen molar-refractivity contribution in [2.45, 2.75) is 19.3 Å². The van der Waals surface area contributed by atoms with Crippen LogP contribution in [0.2, 0.25) is 0 Å². The molecule has 0 spiro atoms. The predicted octanol–water partition coefficient (Wildman–Crippen LogP) is 3.00. The molecule has 86 valence electrons. The summed E-state index contributed by atoms with van der Waals surface area (Å²) in [4.78, 5) is 14.9. The van der Waals surface area contributed by atoms with Crippen LogP contribution in [0, 0.1) is 0 Å². The monoisotopic (exact) mass is 245 g/mol. The van der Waals surface area contributed by atoms with Crippen LogP contribution >= 0.6 is 11.3 Å². The fourth-order valence-electron chi connectivity index (χ4n) is 2.24. The first kappa shape index (κ1) is 10.5. The van der Waals surface area contributed by atoms with Gasteiger partial charge < -0.3 is 5.11 Å². The molecular formula is C13H11NO2S. The van der Waals surface area contributed by atoms with Crippen molar-refractivity contribution in [2.75, 3.05) is 0 Å². The van der Waals surface area contributed by atoms with Gasteiger partial charge in [-0.3, -0.25) is 0 Å². The Balaban J connectivity index is 2.00. The maximum atomic E-state index is 10.8. The molecule has 4 heteroatoms. The van der Waals surface area contributed by atoms with Gasteiger partial charge in [0.15, 0.2) is 0 Å². The Bertz CT molecular complexity index is 589. The van der Waals surface area contributed by atoms with Gasteiger partial charge in [0.2, 0.25) is 5.01 Å². The molecule has 3 nitrogen and oxygen atoms in total. The molecule has 1 heterocycles. The molecule has 3 rings (SSSR count). The number of thiazole rings is 1. The van der Waals surface area contributed by atoms with E-state index in [-0.39, 0.29) is 5.01 Å². The van der Waals surface area contributed by atoms with Gasteiger partial charge in [0.25, 0.3) is 0 Å². The molecule has 0 aliphatic heterocycles. The Kier molecular flexibility index (Phi) is 2.44. The number of nitrogens with zero attached hydrogens (tertiary/aromatic N) is 1. The van der Waals surface area contributed by atoms with Crippen LogP contribution in [0.5, 0.6) is 0 Å². The molecule has 1 aliphatic rings. The summed E-state index contributed by atoms with van der Waals surface area (Å²) in [6, 6.07) is 6.31. The first-order valence-corrected chi connectivity index (χ1v) is 6.43. The molecule has 1 aromatic heterocycles. The molecule has 1 aromatic carbocycles. The van der Waals surface area contributed by atoms with E-state index in [0.29, 0.717) is 0 Å². The van der Waals surface area contributed by atoms with E-state index in [4.69, 9.17) is 5.11 Å². The Morgan fingerprint density at radius 1 is 1.29 bits per heavy atom. The molecule has 1 aliphatic carbocycles. The van der Waals surface area contributed by atoms with E-state index in [2.05, 4.69) is 17.1 Å². The van der Waals surface area contributed by atoms with Gasteiger partial charge in [-0.1, -0.05) is 12.1 Å². The maximum Gasteiger partial charge on any atom is 0.365 e. The highest BCUT2D eigenvalue weighted by atomic mass is 32.1. The number of aryl methyl sites for hydroxylation is 2. The lowest BCUT2D eigenvalue weighted by molar-refractivity contribution is 0.0696. The molecule has 0 fully saturated rings. The fourth-order valence-corrected chi connectivity index (χ4v) is 2.90. The highest BCUT2D eigenvalue weighted by molar-refractivity contribution is 7.11. The van der Waals surface area contributed by atoms with Crippen molar-refractivity contribution in [1.29, 1.82) is 0 Å². The summed E-state index contributed by atoms with van der Waals surface area (Å²) in [6.07, 6.45) is 3.50. The van der Waals surface area contributed by atoms with E-state index in [1.54, 1.807) is 5.38 Å². The van der Waals surface area contributed by atoms with Gasteiger partial charge in [-0.15, -0.1) is 11.3 Å². The first-order valence-electron chi connectivity index (χ1n) is 5.55. The highest BCUT2D eigenvalue weighted by Gasteiger charge is 2.14. The van der Waals surface area contributed by atoms with Crippen molar-refractivity contribution in [2.24, 2.45) is 0 Å². The van der Waals surface area contributed by atoms with E-state index in [0.717, 1.165) is 24.1 Å². The Morgan fingerprint density at radius 3 is 2.88 bits per heavy atom. The number of hydrogen-bond acceptors (Lipinski definition) is 3. The molecule has 0 bridgehead atoms. The molecule has 1 N–H and O–H groups in total. The van der Waals surface area contributed by atoms with Gasteiger partial charge in [-0.05, 0) is 36.5 Å². The second kappa shape index (κ2) is 3.96. The molecule has 17 heavy (non-hydrogen) atoms. The molecule has 0 unspecified atom stereocenters. The molecule has 0 saturated carbocycles. The minimum absolute atomic E-state index is 0.153. The van der Waals surface area contributed by atoms with Crippen LogP contribution < -0.4 is 0 Å². The van der Waals surface area contributed by atoms with E-state index in [1.165, 1.54) is 28.9 Å². The second-order valence-corrected chi connectivity index (χ2v) is 5.04. The molecular weight excluding hydrogens is 234 g/mol. The summed E-state index contributed by atoms with van der Waals surface area (Å²) in [5, 5.41) is 10.8. The zero-order chi connectivity index (χ0) is 11.8. The van der Waals surface area contributed by atoms with Crippen molar-refractivity contribution < 1.29 is 9.90 Å². The van der Waals surface area contributed by atoms with Crippen LogP contribution in [0.3, 0.4) is 0 Å². The van der Waals surface area contributed by atoms with Crippen LogP contribution in [0.15, 0.2) is 23.6 Å². The normalized spacial score (nSPS) is 13.6. The predicted molar refractivity (Wildman–Crippen MR) is 66.5 cm³/mol. The number of aromatic nitrogens is 1. The van der Waals surface area contributed by atoms with Crippen LogP contribution in [0.4, 0.5) is 0 Å². The van der Waals surface area contributed by atoms with Gasteiger partial charge >= 0.3 is 5.97 Å². The van der Waals surface area contributed by atoms with E-state index in [1.807, 2.05) is 6.07 Å². The zero-order valence-corrected chi connectivity index (χ0v) is 9.96. The van der Waals surface area contributed by atoms with Gasteiger partial charge in [-0.2, -0.15) is 0 Å². The number of carboxylic acids is 1. The standard InChI is InChI=1S/C13H11NO2S/c15-13(16)12-14-11(7-17-12)10-5-4-8-2-1-3-9(8)6-10/h4-7H,1-3H2,(H,15,16). The third-order valence-electron chi connectivity index (χ3n) is 3.08. The number of benzene rings is 1. The van der Waals surface area contributed by atoms with E-state index < -0.39 is 5.97 Å². The fraction of sp³-hybridized carbons (Fsp3) is 0.231. The Morgan fingerprint density at radius 2 is 2.12 bits per heavy atom. The number of carbonyl (C=O) groups is 1. The summed E-state index contributed by atoms with van der Waals surface area (Å²) >= 11 is 1.18. The minimum Gasteiger partial charge on any atom is -0.476 e. The molecule has 0 radical (unpaired) electrons. The lowest BCUT2D eigenvalue weighted by atomic mass is 10.1. The first-order chi connectivity index (χ1) is 8.24. The number of aromatic carboxylic acids is 1. The van der Waals surface area contributed by atoms with Crippen molar-refractivity contribution >= 4 is 17.3 Å². The zero-order valence-electron chi connectivity index (χ0n) is 9.14. The largest absolute Gasteiger partial charge is 0.476 e. The summed E-state index contributed by atoms with van der Waals surface area (Å²) in [7, 11) is 0. The van der Waals surface area contributed by atoms with E-state index in [9.17, 15) is 4.79 Å². The topological polar surface area (TPSA) is 50.2 Å². The van der Waals surface area contributed by atoms with Gasteiger partial charge in [0.1, 0.15) is 0 Å². The number of fused-ring (bicyclic) bond motifs is 1. The van der Waals surface area contributed by atoms with Crippen molar-refractivity contribution in [3.63, 3.8) is 0 Å². The van der Waals surface area contributed by atoms with Crippen LogP contribution in [0.1, 0.15) is 27.3 Å². The smallest absolute Gasteiger partial charge is 0.365 e. The summed E-state index contributed by atoms with van der Waals surface area (Å²) in [6.45, 7) is 0. The third-order valence-corrected chi connectivity index (χ3v) is 3.91. The quantitative estimate of drug-likeness (QED) is 0.884. The van der Waals surface area contributed by atoms with E-state index >= 15 is 0 Å². The minimum atomic E-state index is -0.956. The van der Waals surface area contributed by atoms with Crippen molar-refractivity contribution in [1.82, 2.24) is 4.98 Å². The van der Waals surface area contributed by atoms with Crippen molar-refractivity contribution in [3.8, 4) is 11.3 Å². The Labute approximate surface area is 103 Å². The summed E-state index contributed by atoms with van der Waals surface area (Å²) in [5.74, 6) is -0.956. The van der Waals surface area contributed by atoms with Crippen molar-refractivity contribution in [3.05, 3.63) is 39.7 Å². The maximum absolute atomic E-state index is 10.8. The third kappa shape index (κ3) is 1.85. The van der Waals surface area contributed by atoms with Crippen LogP contribution in [-0.2, 0) is 12.8 Å². The number of hydrogen-bond donors (Lipinski definition) is 1. The molecule has 0 amide bonds. The average Bonchev–Trinajstić information content (AvgIpc) is 2.97. The SMILES string of the molecule is O=C(O)c1nc(-c2ccc3c(c2)CCC3)cs1. The lowest BCUT2D eigenvalue weighted by Crippen LogP contribution is -1.94. The number of carboxylic acid groups (broad SMARTS) is 1. The van der Waals surface area contributed by atoms with Gasteiger partial charge in [-0.25, -0.2) is 9.78 Å².